The fourth-order valence-electron chi connectivity index (χ4n) is 1.60. The number of rotatable bonds is 6. The Bertz CT molecular complexity index is 421. The summed E-state index contributed by atoms with van der Waals surface area (Å²) in [5.74, 6) is 1.90. The minimum Gasteiger partial charge on any atom is -0.465 e. The zero-order valence-electron chi connectivity index (χ0n) is 13.1. The Morgan fingerprint density at radius 2 is 2.00 bits per heavy atom. The second-order valence-electron chi connectivity index (χ2n) is 5.89. The fraction of sp³-hybridized carbons (Fsp3) is 0.667. The van der Waals surface area contributed by atoms with Crippen LogP contribution in [0.5, 0.6) is 0 Å². The summed E-state index contributed by atoms with van der Waals surface area (Å²) in [5, 5.41) is 6.03. The van der Waals surface area contributed by atoms with Crippen molar-refractivity contribution in [2.75, 3.05) is 6.54 Å². The number of nitrogens with one attached hydrogen (secondary N) is 2. The van der Waals surface area contributed by atoms with Gasteiger partial charge in [-0.1, -0.05) is 6.92 Å². The van der Waals surface area contributed by atoms with Crippen LogP contribution in [0, 0.1) is 0 Å². The number of carbonyl (C=O) groups excluding carboxylic acids is 1. The van der Waals surface area contributed by atoms with Gasteiger partial charge in [-0.05, 0) is 39.8 Å². The summed E-state index contributed by atoms with van der Waals surface area (Å²) in [6.45, 7) is 10.8. The van der Waals surface area contributed by atoms with Gasteiger partial charge in [-0.2, -0.15) is 0 Å². The van der Waals surface area contributed by atoms with E-state index in [4.69, 9.17) is 9.15 Å². The molecule has 5 nitrogen and oxygen atoms in total. The Kier molecular flexibility index (Phi) is 6.07. The summed E-state index contributed by atoms with van der Waals surface area (Å²) in [4.78, 5) is 11.5. The molecule has 1 rings (SSSR count). The molecule has 2 N–H and O–H groups in total. The van der Waals surface area contributed by atoms with E-state index < -0.39 is 11.7 Å². The first-order chi connectivity index (χ1) is 9.30. The lowest BCUT2D eigenvalue weighted by Gasteiger charge is -2.21. The van der Waals surface area contributed by atoms with E-state index in [1.807, 2.05) is 39.8 Å². The highest BCUT2D eigenvalue weighted by Crippen LogP contribution is 2.08. The molecule has 1 atom stereocenters. The summed E-state index contributed by atoms with van der Waals surface area (Å²) in [6, 6.07) is 4.10. The number of ether oxygens (including phenoxy) is 1. The van der Waals surface area contributed by atoms with Crippen molar-refractivity contribution in [1.82, 2.24) is 10.6 Å². The van der Waals surface area contributed by atoms with Crippen LogP contribution in [0.3, 0.4) is 0 Å². The van der Waals surface area contributed by atoms with Crippen LogP contribution in [0.4, 0.5) is 4.79 Å². The van der Waals surface area contributed by atoms with Crippen molar-refractivity contribution in [3.63, 3.8) is 0 Å². The lowest BCUT2D eigenvalue weighted by molar-refractivity contribution is 0.0523. The summed E-state index contributed by atoms with van der Waals surface area (Å²) < 4.78 is 10.8. The van der Waals surface area contributed by atoms with E-state index in [9.17, 15) is 4.79 Å². The third kappa shape index (κ3) is 6.61. The summed E-state index contributed by atoms with van der Waals surface area (Å²) >= 11 is 0. The van der Waals surface area contributed by atoms with Gasteiger partial charge < -0.3 is 19.8 Å². The zero-order valence-corrected chi connectivity index (χ0v) is 13.1. The van der Waals surface area contributed by atoms with E-state index in [1.54, 1.807) is 0 Å². The first kappa shape index (κ1) is 16.6. The van der Waals surface area contributed by atoms with Gasteiger partial charge in [0.1, 0.15) is 17.1 Å². The molecule has 0 aromatic carbocycles. The van der Waals surface area contributed by atoms with Crippen LogP contribution in [0.1, 0.15) is 46.1 Å². The molecule has 0 radical (unpaired) electrons. The maximum Gasteiger partial charge on any atom is 0.407 e. The van der Waals surface area contributed by atoms with Gasteiger partial charge in [0.15, 0.2) is 0 Å². The second kappa shape index (κ2) is 7.33. The Morgan fingerprint density at radius 3 is 2.55 bits per heavy atom. The lowest BCUT2D eigenvalue weighted by Crippen LogP contribution is -2.40. The second-order valence-corrected chi connectivity index (χ2v) is 5.89. The predicted octanol–water partition coefficient (Wildman–Crippen LogP) is 2.84. The predicted molar refractivity (Wildman–Crippen MR) is 78.6 cm³/mol. The van der Waals surface area contributed by atoms with Gasteiger partial charge in [0, 0.05) is 19.0 Å². The van der Waals surface area contributed by atoms with Crippen LogP contribution < -0.4 is 10.6 Å². The Morgan fingerprint density at radius 1 is 1.35 bits per heavy atom. The molecule has 0 saturated carbocycles. The van der Waals surface area contributed by atoms with E-state index in [0.29, 0.717) is 13.1 Å². The molecule has 0 bridgehead atoms. The zero-order chi connectivity index (χ0) is 15.2. The van der Waals surface area contributed by atoms with Crippen LogP contribution in [0.15, 0.2) is 16.5 Å². The maximum absolute atomic E-state index is 11.5. The highest BCUT2D eigenvalue weighted by molar-refractivity contribution is 5.67. The SMILES string of the molecule is CCc1ccc(CNC(C)CNC(=O)OC(C)(C)C)o1. The number of aryl methyl sites for hydroxylation is 1. The Labute approximate surface area is 121 Å². The van der Waals surface area contributed by atoms with E-state index in [0.717, 1.165) is 17.9 Å². The normalized spacial score (nSPS) is 13.1. The van der Waals surface area contributed by atoms with Crippen molar-refractivity contribution < 1.29 is 13.9 Å². The van der Waals surface area contributed by atoms with Crippen molar-refractivity contribution in [1.29, 1.82) is 0 Å². The van der Waals surface area contributed by atoms with Gasteiger partial charge in [-0.3, -0.25) is 0 Å². The van der Waals surface area contributed by atoms with Crippen molar-refractivity contribution in [2.45, 2.75) is 59.2 Å². The molecular formula is C15H26N2O3. The number of hydrogen-bond donors (Lipinski definition) is 2. The highest BCUT2D eigenvalue weighted by atomic mass is 16.6. The first-order valence-electron chi connectivity index (χ1n) is 7.08. The van der Waals surface area contributed by atoms with E-state index in [-0.39, 0.29) is 6.04 Å². The quantitative estimate of drug-likeness (QED) is 0.842. The third-order valence-electron chi connectivity index (χ3n) is 2.64. The highest BCUT2D eigenvalue weighted by Gasteiger charge is 2.16. The van der Waals surface area contributed by atoms with Crippen molar-refractivity contribution in [3.05, 3.63) is 23.7 Å². The maximum atomic E-state index is 11.5. The molecule has 0 aliphatic heterocycles. The summed E-state index contributed by atoms with van der Waals surface area (Å²) in [6.07, 6.45) is 0.507. The molecule has 0 aliphatic carbocycles. The topological polar surface area (TPSA) is 63.5 Å². The molecule has 0 saturated heterocycles. The number of carbonyl (C=O) groups is 1. The van der Waals surface area contributed by atoms with E-state index >= 15 is 0 Å². The standard InChI is InChI=1S/C15H26N2O3/c1-6-12-7-8-13(19-12)10-16-11(2)9-17-14(18)20-15(3,4)5/h7-8,11,16H,6,9-10H2,1-5H3,(H,17,18). The Hall–Kier alpha value is -1.49. The Balaban J connectivity index is 2.23. The van der Waals surface area contributed by atoms with Crippen LogP contribution in [0.25, 0.3) is 0 Å². The summed E-state index contributed by atoms with van der Waals surface area (Å²) in [5.41, 5.74) is -0.467. The minimum absolute atomic E-state index is 0.137. The molecule has 0 spiro atoms. The van der Waals surface area contributed by atoms with Crippen LogP contribution in [-0.4, -0.2) is 24.3 Å². The van der Waals surface area contributed by atoms with E-state index in [2.05, 4.69) is 17.6 Å². The van der Waals surface area contributed by atoms with Crippen molar-refractivity contribution >= 4 is 6.09 Å². The fourth-order valence-corrected chi connectivity index (χ4v) is 1.60. The lowest BCUT2D eigenvalue weighted by atomic mass is 10.2. The van der Waals surface area contributed by atoms with Crippen LogP contribution in [-0.2, 0) is 17.7 Å². The van der Waals surface area contributed by atoms with Gasteiger partial charge in [0.05, 0.1) is 6.54 Å². The van der Waals surface area contributed by atoms with Gasteiger partial charge in [-0.15, -0.1) is 0 Å². The number of furan rings is 1. The smallest absolute Gasteiger partial charge is 0.407 e. The monoisotopic (exact) mass is 282 g/mol. The number of amides is 1. The molecule has 0 fully saturated rings. The van der Waals surface area contributed by atoms with E-state index in [1.165, 1.54) is 0 Å². The molecule has 1 aromatic heterocycles. The van der Waals surface area contributed by atoms with Gasteiger partial charge in [0.2, 0.25) is 0 Å². The molecule has 0 aliphatic rings. The third-order valence-corrected chi connectivity index (χ3v) is 2.64. The molecule has 1 amide bonds. The largest absolute Gasteiger partial charge is 0.465 e. The van der Waals surface area contributed by atoms with Crippen molar-refractivity contribution in [2.24, 2.45) is 0 Å². The van der Waals surface area contributed by atoms with Gasteiger partial charge >= 0.3 is 6.09 Å². The van der Waals surface area contributed by atoms with Crippen LogP contribution >= 0.6 is 0 Å². The summed E-state index contributed by atoms with van der Waals surface area (Å²) in [7, 11) is 0. The van der Waals surface area contributed by atoms with Crippen molar-refractivity contribution in [3.8, 4) is 0 Å². The van der Waals surface area contributed by atoms with Gasteiger partial charge in [-0.25, -0.2) is 4.79 Å². The average molecular weight is 282 g/mol. The molecule has 114 valence electrons. The molecule has 1 aromatic rings. The molecule has 20 heavy (non-hydrogen) atoms. The average Bonchev–Trinajstić information content (AvgIpc) is 2.79. The van der Waals surface area contributed by atoms with Crippen LogP contribution in [0.2, 0.25) is 0 Å². The van der Waals surface area contributed by atoms with Gasteiger partial charge in [0.25, 0.3) is 0 Å². The molecule has 1 heterocycles. The molecule has 1 unspecified atom stereocenters. The number of hydrogen-bond acceptors (Lipinski definition) is 4. The number of alkyl carbamates (subject to hydrolysis) is 1. The molecular weight excluding hydrogens is 256 g/mol. The minimum atomic E-state index is -0.467. The molecule has 5 heteroatoms. The first-order valence-corrected chi connectivity index (χ1v) is 7.08.